The highest BCUT2D eigenvalue weighted by Crippen LogP contribution is 2.27. The highest BCUT2D eigenvalue weighted by Gasteiger charge is 2.15. The van der Waals surface area contributed by atoms with Gasteiger partial charge in [0, 0.05) is 5.56 Å². The third kappa shape index (κ3) is 5.37. The molecule has 0 atom stereocenters. The number of amides is 1. The van der Waals surface area contributed by atoms with E-state index in [-0.39, 0.29) is 0 Å². The van der Waals surface area contributed by atoms with Crippen molar-refractivity contribution in [2.75, 3.05) is 25.6 Å². The highest BCUT2D eigenvalue weighted by molar-refractivity contribution is 5.91. The zero-order valence-electron chi connectivity index (χ0n) is 14.6. The smallest absolute Gasteiger partial charge is 0.265 e. The van der Waals surface area contributed by atoms with E-state index in [1.807, 2.05) is 6.92 Å². The van der Waals surface area contributed by atoms with E-state index in [1.165, 1.54) is 13.3 Å². The molecule has 2 aromatic rings. The van der Waals surface area contributed by atoms with E-state index in [9.17, 15) is 18.0 Å². The number of nitrogens with zero attached hydrogens (tertiary/aromatic N) is 1. The predicted molar refractivity (Wildman–Crippen MR) is 92.7 cm³/mol. The number of hydrogen-bond acceptors (Lipinski definition) is 5. The molecular formula is C18H17F3N2O4. The molecule has 27 heavy (non-hydrogen) atoms. The van der Waals surface area contributed by atoms with E-state index < -0.39 is 35.7 Å². The van der Waals surface area contributed by atoms with Crippen molar-refractivity contribution in [1.29, 1.82) is 0 Å². The molecule has 0 radical (unpaired) electrons. The maximum absolute atomic E-state index is 13.5. The molecule has 0 fully saturated rings. The highest BCUT2D eigenvalue weighted by atomic mass is 19.2. The first-order chi connectivity index (χ1) is 13.0. The quantitative estimate of drug-likeness (QED) is 0.431. The summed E-state index contributed by atoms with van der Waals surface area (Å²) in [5.74, 6) is -4.22. The second-order valence-electron chi connectivity index (χ2n) is 5.12. The van der Waals surface area contributed by atoms with Crippen LogP contribution in [0, 0.1) is 17.5 Å². The lowest BCUT2D eigenvalue weighted by Crippen LogP contribution is -2.18. The third-order valence-electron chi connectivity index (χ3n) is 3.27. The van der Waals surface area contributed by atoms with E-state index in [0.717, 1.165) is 6.07 Å². The number of methoxy groups -OCH3 is 1. The Balaban J connectivity index is 1.90. The van der Waals surface area contributed by atoms with Crippen molar-refractivity contribution in [2.24, 2.45) is 5.16 Å². The number of hydrogen-bond donors (Lipinski definition) is 1. The van der Waals surface area contributed by atoms with Crippen LogP contribution in [0.3, 0.4) is 0 Å². The van der Waals surface area contributed by atoms with Gasteiger partial charge < -0.3 is 19.6 Å². The second-order valence-corrected chi connectivity index (χ2v) is 5.12. The van der Waals surface area contributed by atoms with Crippen molar-refractivity contribution in [3.8, 4) is 11.5 Å². The average Bonchev–Trinajstić information content (AvgIpc) is 2.67. The van der Waals surface area contributed by atoms with Crippen molar-refractivity contribution in [3.63, 3.8) is 0 Å². The van der Waals surface area contributed by atoms with E-state index in [1.54, 1.807) is 18.2 Å². The Morgan fingerprint density at radius 1 is 1.15 bits per heavy atom. The van der Waals surface area contributed by atoms with Gasteiger partial charge in [0.2, 0.25) is 0 Å². The number of benzene rings is 2. The number of carbonyl (C=O) groups is 1. The molecule has 1 amide bonds. The van der Waals surface area contributed by atoms with Gasteiger partial charge in [0.05, 0.1) is 25.6 Å². The van der Waals surface area contributed by atoms with Crippen LogP contribution >= 0.6 is 0 Å². The van der Waals surface area contributed by atoms with Crippen LogP contribution in [-0.4, -0.2) is 32.4 Å². The third-order valence-corrected chi connectivity index (χ3v) is 3.27. The van der Waals surface area contributed by atoms with Crippen LogP contribution in [0.25, 0.3) is 0 Å². The van der Waals surface area contributed by atoms with Gasteiger partial charge in [-0.05, 0) is 37.3 Å². The number of rotatable bonds is 8. The summed E-state index contributed by atoms with van der Waals surface area (Å²) in [5.41, 5.74) is 0.130. The van der Waals surface area contributed by atoms with Crippen LogP contribution in [0.15, 0.2) is 35.5 Å². The van der Waals surface area contributed by atoms with Gasteiger partial charge in [0.1, 0.15) is 0 Å². The van der Waals surface area contributed by atoms with Crippen molar-refractivity contribution in [1.82, 2.24) is 0 Å². The molecule has 0 aromatic heterocycles. The topological polar surface area (TPSA) is 69.2 Å². The van der Waals surface area contributed by atoms with Crippen LogP contribution in [0.1, 0.15) is 12.5 Å². The van der Waals surface area contributed by atoms with Gasteiger partial charge in [-0.2, -0.15) is 0 Å². The SMILES string of the molecule is CCOc1ccc(/C=N/OCC(=O)Nc2ccc(F)c(F)c2F)cc1OC. The van der Waals surface area contributed by atoms with Gasteiger partial charge in [0.25, 0.3) is 5.91 Å². The zero-order valence-corrected chi connectivity index (χ0v) is 14.6. The number of nitrogens with one attached hydrogen (secondary N) is 1. The largest absolute Gasteiger partial charge is 0.493 e. The molecule has 6 nitrogen and oxygen atoms in total. The number of halogens is 3. The number of oxime groups is 1. The molecule has 0 bridgehead atoms. The minimum absolute atomic E-state index is 0.487. The molecule has 0 saturated carbocycles. The summed E-state index contributed by atoms with van der Waals surface area (Å²) in [5, 5.41) is 5.68. The molecular weight excluding hydrogens is 365 g/mol. The van der Waals surface area contributed by atoms with E-state index in [0.29, 0.717) is 29.7 Å². The number of carbonyl (C=O) groups excluding carboxylic acids is 1. The first-order valence-corrected chi connectivity index (χ1v) is 7.85. The molecule has 0 spiro atoms. The van der Waals surface area contributed by atoms with Crippen LogP contribution < -0.4 is 14.8 Å². The van der Waals surface area contributed by atoms with Gasteiger partial charge in [0.15, 0.2) is 35.6 Å². The molecule has 0 aliphatic rings. The Morgan fingerprint density at radius 3 is 2.63 bits per heavy atom. The van der Waals surface area contributed by atoms with Crippen LogP contribution in [-0.2, 0) is 9.63 Å². The zero-order chi connectivity index (χ0) is 19.8. The summed E-state index contributed by atoms with van der Waals surface area (Å²) >= 11 is 0. The predicted octanol–water partition coefficient (Wildman–Crippen LogP) is 3.50. The summed E-state index contributed by atoms with van der Waals surface area (Å²) < 4.78 is 50.0. The van der Waals surface area contributed by atoms with E-state index in [4.69, 9.17) is 14.3 Å². The minimum Gasteiger partial charge on any atom is -0.493 e. The molecule has 1 N–H and O–H groups in total. The Labute approximate surface area is 153 Å². The summed E-state index contributed by atoms with van der Waals surface area (Å²) in [6, 6.07) is 6.67. The standard InChI is InChI=1S/C18H17F3N2O4/c1-3-26-14-7-4-11(8-15(14)25-2)9-22-27-10-16(24)23-13-6-5-12(19)17(20)18(13)21/h4-9H,3,10H2,1-2H3,(H,23,24)/b22-9+. The van der Waals surface area contributed by atoms with Gasteiger partial charge in [-0.1, -0.05) is 5.16 Å². The molecule has 0 saturated heterocycles. The van der Waals surface area contributed by atoms with Gasteiger partial charge in [-0.15, -0.1) is 0 Å². The summed E-state index contributed by atoms with van der Waals surface area (Å²) in [6.07, 6.45) is 1.34. The van der Waals surface area contributed by atoms with Crippen LogP contribution in [0.5, 0.6) is 11.5 Å². The van der Waals surface area contributed by atoms with Gasteiger partial charge in [-0.25, -0.2) is 13.2 Å². The molecule has 9 heteroatoms. The lowest BCUT2D eigenvalue weighted by molar-refractivity contribution is -0.120. The monoisotopic (exact) mass is 382 g/mol. The minimum atomic E-state index is -1.67. The van der Waals surface area contributed by atoms with E-state index in [2.05, 4.69) is 10.5 Å². The molecule has 0 unspecified atom stereocenters. The fourth-order valence-corrected chi connectivity index (χ4v) is 2.04. The summed E-state index contributed by atoms with van der Waals surface area (Å²) in [7, 11) is 1.50. The normalized spacial score (nSPS) is 10.7. The maximum Gasteiger partial charge on any atom is 0.265 e. The van der Waals surface area contributed by atoms with Crippen molar-refractivity contribution in [3.05, 3.63) is 53.3 Å². The first kappa shape index (κ1) is 20.1. The molecule has 2 aromatic carbocycles. The maximum atomic E-state index is 13.5. The molecule has 2 rings (SSSR count). The Morgan fingerprint density at radius 2 is 1.93 bits per heavy atom. The lowest BCUT2D eigenvalue weighted by atomic mass is 10.2. The lowest BCUT2D eigenvalue weighted by Gasteiger charge is -2.09. The fraction of sp³-hybridized carbons (Fsp3) is 0.222. The van der Waals surface area contributed by atoms with E-state index >= 15 is 0 Å². The number of ether oxygens (including phenoxy) is 2. The van der Waals surface area contributed by atoms with Crippen LogP contribution in [0.4, 0.5) is 18.9 Å². The fourth-order valence-electron chi connectivity index (χ4n) is 2.04. The second kappa shape index (κ2) is 9.46. The van der Waals surface area contributed by atoms with Gasteiger partial charge in [-0.3, -0.25) is 4.79 Å². The molecule has 0 heterocycles. The summed E-state index contributed by atoms with van der Waals surface area (Å²) in [4.78, 5) is 16.5. The molecule has 0 aliphatic heterocycles. The Hall–Kier alpha value is -3.23. The molecule has 144 valence electrons. The molecule has 0 aliphatic carbocycles. The van der Waals surface area contributed by atoms with Crippen molar-refractivity contribution < 1.29 is 32.3 Å². The van der Waals surface area contributed by atoms with Gasteiger partial charge >= 0.3 is 0 Å². The number of anilines is 1. The summed E-state index contributed by atoms with van der Waals surface area (Å²) in [6.45, 7) is 1.78. The first-order valence-electron chi connectivity index (χ1n) is 7.85. The van der Waals surface area contributed by atoms with Crippen molar-refractivity contribution in [2.45, 2.75) is 6.92 Å². The Kier molecular flexibility index (Phi) is 7.04. The average molecular weight is 382 g/mol. The van der Waals surface area contributed by atoms with Crippen LogP contribution in [0.2, 0.25) is 0 Å². The van der Waals surface area contributed by atoms with Crippen molar-refractivity contribution >= 4 is 17.8 Å². The Bertz CT molecular complexity index is 844.